The van der Waals surface area contributed by atoms with Crippen molar-refractivity contribution in [3.8, 4) is 0 Å². The Morgan fingerprint density at radius 2 is 1.23 bits per heavy atom. The number of imidazole rings is 2. The lowest BCUT2D eigenvalue weighted by atomic mass is 10.2. The average Bonchev–Trinajstić information content (AvgIpc) is 3.67. The van der Waals surface area contributed by atoms with Crippen LogP contribution in [0.4, 0.5) is 0 Å². The molecule has 0 spiro atoms. The van der Waals surface area contributed by atoms with Crippen LogP contribution in [0.1, 0.15) is 48.5 Å². The summed E-state index contributed by atoms with van der Waals surface area (Å²) in [4.78, 5) is 16.2. The molecule has 8 nitrogen and oxygen atoms in total. The summed E-state index contributed by atoms with van der Waals surface area (Å²) in [6.07, 6.45) is 5.15. The highest BCUT2D eigenvalue weighted by Gasteiger charge is 2.23. The number of hydrogen-bond donors (Lipinski definition) is 6. The van der Waals surface area contributed by atoms with Crippen LogP contribution in [0.3, 0.4) is 0 Å². The minimum atomic E-state index is 0.458. The van der Waals surface area contributed by atoms with Crippen molar-refractivity contribution < 1.29 is 0 Å². The monoisotopic (exact) mass is 412 g/mol. The van der Waals surface area contributed by atoms with Gasteiger partial charge in [0.15, 0.2) is 0 Å². The average molecular weight is 413 g/mol. The number of nitrogens with one attached hydrogen (secondary N) is 6. The zero-order valence-corrected chi connectivity index (χ0v) is 17.0. The first-order valence-electron chi connectivity index (χ1n) is 10.8. The van der Waals surface area contributed by atoms with Gasteiger partial charge < -0.3 is 20.6 Å². The zero-order chi connectivity index (χ0) is 20.9. The second-order valence-electron chi connectivity index (χ2n) is 8.59. The van der Waals surface area contributed by atoms with Gasteiger partial charge in [0.2, 0.25) is 0 Å². The Balaban J connectivity index is 1.22. The molecule has 4 aromatic rings. The lowest BCUT2D eigenvalue weighted by molar-refractivity contribution is 0.901. The van der Waals surface area contributed by atoms with Gasteiger partial charge in [-0.15, -0.1) is 0 Å². The van der Waals surface area contributed by atoms with Gasteiger partial charge in [0, 0.05) is 23.2 Å². The van der Waals surface area contributed by atoms with Gasteiger partial charge in [0.1, 0.15) is 23.3 Å². The number of benzene rings is 2. The molecule has 2 aliphatic rings. The quantitative estimate of drug-likeness (QED) is 0.215. The predicted octanol–water partition coefficient (Wildman–Crippen LogP) is 3.18. The Hall–Kier alpha value is -3.68. The van der Waals surface area contributed by atoms with Crippen molar-refractivity contribution in [2.45, 2.75) is 44.2 Å². The molecule has 2 fully saturated rings. The number of nitrogens with zero attached hydrogens (tertiary/aromatic N) is 2. The van der Waals surface area contributed by atoms with Crippen molar-refractivity contribution in [2.24, 2.45) is 0 Å². The standard InChI is InChI=1S/C23H24N8/c24-22(26-14-3-4-14)12-1-7-16-18(9-12)30-20(28-16)11-21-29-17-8-2-13(10-19(17)31-21)23(25)27-15-5-6-15/h1-2,7-10,14-15H,3-6,11H2,(H2,24,26)(H2,25,27)(H,28,30)(H,29,31). The molecule has 2 aromatic heterocycles. The van der Waals surface area contributed by atoms with Crippen molar-refractivity contribution in [2.75, 3.05) is 0 Å². The van der Waals surface area contributed by atoms with Gasteiger partial charge in [-0.05, 0) is 62.1 Å². The molecular formula is C23H24N8. The molecule has 0 radical (unpaired) electrons. The van der Waals surface area contributed by atoms with E-state index in [4.69, 9.17) is 20.8 Å². The Morgan fingerprint density at radius 1 is 0.774 bits per heavy atom. The van der Waals surface area contributed by atoms with E-state index in [-0.39, 0.29) is 0 Å². The maximum Gasteiger partial charge on any atom is 0.125 e. The third kappa shape index (κ3) is 3.76. The molecule has 0 bridgehead atoms. The van der Waals surface area contributed by atoms with Crippen LogP contribution in [0, 0.1) is 10.8 Å². The molecule has 2 heterocycles. The molecule has 0 atom stereocenters. The topological polar surface area (TPSA) is 129 Å². The molecule has 2 aliphatic carbocycles. The summed E-state index contributed by atoms with van der Waals surface area (Å²) in [5, 5.41) is 22.9. The third-order valence-corrected chi connectivity index (χ3v) is 5.83. The van der Waals surface area contributed by atoms with Crippen molar-refractivity contribution in [1.82, 2.24) is 30.6 Å². The minimum absolute atomic E-state index is 0.458. The van der Waals surface area contributed by atoms with E-state index in [0.29, 0.717) is 30.2 Å². The smallest absolute Gasteiger partial charge is 0.125 e. The number of H-pyrrole nitrogens is 2. The van der Waals surface area contributed by atoms with Crippen LogP contribution in [0.5, 0.6) is 0 Å². The fraction of sp³-hybridized carbons (Fsp3) is 0.304. The highest BCUT2D eigenvalue weighted by molar-refractivity contribution is 6.00. The molecule has 2 saturated carbocycles. The fourth-order valence-corrected chi connectivity index (χ4v) is 3.78. The number of aromatic amines is 2. The van der Waals surface area contributed by atoms with Gasteiger partial charge in [-0.1, -0.05) is 0 Å². The Kier molecular flexibility index (Phi) is 4.05. The summed E-state index contributed by atoms with van der Waals surface area (Å²) in [5.41, 5.74) is 5.33. The normalized spacial score (nSPS) is 16.0. The van der Waals surface area contributed by atoms with Gasteiger partial charge in [0.05, 0.1) is 28.5 Å². The van der Waals surface area contributed by atoms with Gasteiger partial charge >= 0.3 is 0 Å². The van der Waals surface area contributed by atoms with Crippen LogP contribution in [-0.4, -0.2) is 43.7 Å². The summed E-state index contributed by atoms with van der Waals surface area (Å²) >= 11 is 0. The van der Waals surface area contributed by atoms with Crippen LogP contribution >= 0.6 is 0 Å². The van der Waals surface area contributed by atoms with Crippen molar-refractivity contribution in [3.63, 3.8) is 0 Å². The summed E-state index contributed by atoms with van der Waals surface area (Å²) in [6.45, 7) is 0. The van der Waals surface area contributed by atoms with Crippen LogP contribution < -0.4 is 10.6 Å². The summed E-state index contributed by atoms with van der Waals surface area (Å²) in [5.74, 6) is 2.58. The summed E-state index contributed by atoms with van der Waals surface area (Å²) in [6, 6.07) is 12.7. The second kappa shape index (κ2) is 6.94. The maximum absolute atomic E-state index is 8.23. The first kappa shape index (κ1) is 18.1. The van der Waals surface area contributed by atoms with Crippen molar-refractivity contribution >= 4 is 33.7 Å². The number of hydrogen-bond acceptors (Lipinski definition) is 4. The Morgan fingerprint density at radius 3 is 1.65 bits per heavy atom. The lowest BCUT2D eigenvalue weighted by Crippen LogP contribution is -2.25. The van der Waals surface area contributed by atoms with Crippen LogP contribution in [-0.2, 0) is 6.42 Å². The molecule has 6 rings (SSSR count). The summed E-state index contributed by atoms with van der Waals surface area (Å²) in [7, 11) is 0. The number of fused-ring (bicyclic) bond motifs is 2. The first-order chi connectivity index (χ1) is 15.1. The predicted molar refractivity (Wildman–Crippen MR) is 121 cm³/mol. The third-order valence-electron chi connectivity index (χ3n) is 5.83. The molecular weight excluding hydrogens is 388 g/mol. The Bertz CT molecular complexity index is 1220. The Labute approximate surface area is 178 Å². The highest BCUT2D eigenvalue weighted by atomic mass is 15.0. The van der Waals surface area contributed by atoms with E-state index in [1.807, 2.05) is 36.4 Å². The van der Waals surface area contributed by atoms with Crippen LogP contribution in [0.25, 0.3) is 22.1 Å². The SMILES string of the molecule is N=C(NC1CC1)c1ccc2[nH]c(Cc3nc4cc(C(=N)NC5CC5)ccc4[nH]3)nc2c1. The van der Waals surface area contributed by atoms with Gasteiger partial charge in [0.25, 0.3) is 0 Å². The largest absolute Gasteiger partial charge is 0.367 e. The van der Waals surface area contributed by atoms with Gasteiger partial charge in [-0.3, -0.25) is 10.8 Å². The first-order valence-corrected chi connectivity index (χ1v) is 10.8. The van der Waals surface area contributed by atoms with E-state index in [0.717, 1.165) is 70.5 Å². The van der Waals surface area contributed by atoms with E-state index in [1.54, 1.807) is 0 Å². The van der Waals surface area contributed by atoms with E-state index >= 15 is 0 Å². The van der Waals surface area contributed by atoms with E-state index in [1.165, 1.54) is 0 Å². The molecule has 31 heavy (non-hydrogen) atoms. The maximum atomic E-state index is 8.23. The molecule has 156 valence electrons. The molecule has 2 aromatic carbocycles. The lowest BCUT2D eigenvalue weighted by Gasteiger charge is -2.05. The minimum Gasteiger partial charge on any atom is -0.367 e. The molecule has 0 saturated heterocycles. The highest BCUT2D eigenvalue weighted by Crippen LogP contribution is 2.22. The van der Waals surface area contributed by atoms with E-state index in [9.17, 15) is 0 Å². The summed E-state index contributed by atoms with van der Waals surface area (Å²) < 4.78 is 0. The van der Waals surface area contributed by atoms with E-state index in [2.05, 4.69) is 20.6 Å². The molecule has 0 amide bonds. The van der Waals surface area contributed by atoms with Crippen molar-refractivity contribution in [3.05, 3.63) is 59.2 Å². The molecule has 0 aliphatic heterocycles. The van der Waals surface area contributed by atoms with E-state index < -0.39 is 0 Å². The molecule has 8 heteroatoms. The second-order valence-corrected chi connectivity index (χ2v) is 8.59. The number of amidine groups is 2. The number of rotatable bonds is 6. The number of aromatic nitrogens is 4. The zero-order valence-electron chi connectivity index (χ0n) is 17.0. The van der Waals surface area contributed by atoms with Crippen molar-refractivity contribution in [1.29, 1.82) is 10.8 Å². The van der Waals surface area contributed by atoms with Crippen LogP contribution in [0.2, 0.25) is 0 Å². The van der Waals surface area contributed by atoms with Gasteiger partial charge in [-0.25, -0.2) is 9.97 Å². The van der Waals surface area contributed by atoms with Gasteiger partial charge in [-0.2, -0.15) is 0 Å². The van der Waals surface area contributed by atoms with Crippen LogP contribution in [0.15, 0.2) is 36.4 Å². The molecule has 0 unspecified atom stereocenters. The fourth-order valence-electron chi connectivity index (χ4n) is 3.78. The molecule has 6 N–H and O–H groups in total.